The number of allylic oxidation sites excluding steroid dienone is 1. The molecule has 0 aliphatic rings. The van der Waals surface area contributed by atoms with Crippen LogP contribution in [0.3, 0.4) is 0 Å². The van der Waals surface area contributed by atoms with Crippen molar-refractivity contribution in [1.29, 1.82) is 0 Å². The highest BCUT2D eigenvalue weighted by Crippen LogP contribution is 2.05. The summed E-state index contributed by atoms with van der Waals surface area (Å²) in [6.45, 7) is 4.17. The van der Waals surface area contributed by atoms with E-state index in [1.54, 1.807) is 0 Å². The lowest BCUT2D eigenvalue weighted by molar-refractivity contribution is 1.46. The third-order valence-electron chi connectivity index (χ3n) is 2.70. The molecule has 0 aliphatic carbocycles. The summed E-state index contributed by atoms with van der Waals surface area (Å²) in [5.41, 5.74) is 4.77. The Morgan fingerprint density at radius 3 is 1.94 bits per heavy atom. The van der Waals surface area contributed by atoms with Gasteiger partial charge in [-0.3, -0.25) is 0 Å². The highest BCUT2D eigenvalue weighted by atomic mass is 13.9. The number of rotatable bonds is 1. The summed E-state index contributed by atoms with van der Waals surface area (Å²) in [6, 6.07) is 16.6. The van der Waals surface area contributed by atoms with Crippen LogP contribution in [0.4, 0.5) is 0 Å². The largest absolute Gasteiger partial charge is 0.0696 e. The van der Waals surface area contributed by atoms with E-state index in [4.69, 9.17) is 0 Å². The quantitative estimate of drug-likeness (QED) is 0.640. The van der Waals surface area contributed by atoms with Crippen molar-refractivity contribution >= 4 is 6.08 Å². The monoisotopic (exact) mass is 232 g/mol. The smallest absolute Gasteiger partial charge is 0.0249 e. The maximum Gasteiger partial charge on any atom is 0.0249 e. The number of hydrogen-bond acceptors (Lipinski definition) is 0. The second-order valence-corrected chi connectivity index (χ2v) is 4.38. The molecule has 88 valence electrons. The van der Waals surface area contributed by atoms with E-state index >= 15 is 0 Å². The summed E-state index contributed by atoms with van der Waals surface area (Å²) in [6.07, 6.45) is 3.92. The Hall–Kier alpha value is -2.26. The van der Waals surface area contributed by atoms with Crippen molar-refractivity contribution in [2.24, 2.45) is 0 Å². The SMILES string of the molecule is Cc1ccc(C#C/C=C/c2ccc(C)cc2)cc1. The lowest BCUT2D eigenvalue weighted by atomic mass is 10.1. The molecule has 0 heterocycles. The van der Waals surface area contributed by atoms with Gasteiger partial charge in [-0.15, -0.1) is 0 Å². The molecule has 0 radical (unpaired) electrons. The van der Waals surface area contributed by atoms with E-state index < -0.39 is 0 Å². The summed E-state index contributed by atoms with van der Waals surface area (Å²) in [5.74, 6) is 6.17. The van der Waals surface area contributed by atoms with Gasteiger partial charge in [0.15, 0.2) is 0 Å². The molecule has 0 heteroatoms. The van der Waals surface area contributed by atoms with Crippen molar-refractivity contribution in [3.63, 3.8) is 0 Å². The zero-order valence-corrected chi connectivity index (χ0v) is 10.8. The van der Waals surface area contributed by atoms with Crippen LogP contribution in [0.25, 0.3) is 6.08 Å². The van der Waals surface area contributed by atoms with Crippen molar-refractivity contribution in [3.05, 3.63) is 76.9 Å². The first-order chi connectivity index (χ1) is 8.74. The molecule has 0 atom stereocenters. The van der Waals surface area contributed by atoms with E-state index in [9.17, 15) is 0 Å². The van der Waals surface area contributed by atoms with Gasteiger partial charge < -0.3 is 0 Å². The minimum Gasteiger partial charge on any atom is -0.0696 e. The van der Waals surface area contributed by atoms with Gasteiger partial charge in [0.25, 0.3) is 0 Å². The van der Waals surface area contributed by atoms with Crippen LogP contribution >= 0.6 is 0 Å². The Morgan fingerprint density at radius 1 is 0.778 bits per heavy atom. The van der Waals surface area contributed by atoms with Crippen LogP contribution in [0, 0.1) is 25.7 Å². The van der Waals surface area contributed by atoms with Crippen molar-refractivity contribution in [1.82, 2.24) is 0 Å². The Labute approximate surface area is 109 Å². The summed E-state index contributed by atoms with van der Waals surface area (Å²) in [7, 11) is 0. The summed E-state index contributed by atoms with van der Waals surface area (Å²) in [4.78, 5) is 0. The van der Waals surface area contributed by atoms with E-state index in [1.807, 2.05) is 24.3 Å². The topological polar surface area (TPSA) is 0 Å². The van der Waals surface area contributed by atoms with Gasteiger partial charge in [0.2, 0.25) is 0 Å². The molecule has 0 aromatic heterocycles. The normalized spacial score (nSPS) is 10.1. The molecule has 0 bridgehead atoms. The van der Waals surface area contributed by atoms with E-state index in [0.717, 1.165) is 5.56 Å². The second-order valence-electron chi connectivity index (χ2n) is 4.38. The molecule has 0 aliphatic heterocycles. The third-order valence-corrected chi connectivity index (χ3v) is 2.70. The highest BCUT2D eigenvalue weighted by Gasteiger charge is 1.86. The van der Waals surface area contributed by atoms with Crippen LogP contribution in [-0.2, 0) is 0 Å². The first-order valence-corrected chi connectivity index (χ1v) is 6.05. The maximum atomic E-state index is 3.12. The average molecular weight is 232 g/mol. The highest BCUT2D eigenvalue weighted by molar-refractivity contribution is 5.54. The van der Waals surface area contributed by atoms with Crippen LogP contribution in [0.2, 0.25) is 0 Å². The number of aryl methyl sites for hydroxylation is 2. The Kier molecular flexibility index (Phi) is 3.99. The van der Waals surface area contributed by atoms with E-state index in [2.05, 4.69) is 62.1 Å². The molecular formula is C18H16. The molecule has 0 spiro atoms. The van der Waals surface area contributed by atoms with Crippen LogP contribution in [0.5, 0.6) is 0 Å². The fourth-order valence-electron chi connectivity index (χ4n) is 1.58. The van der Waals surface area contributed by atoms with Crippen molar-refractivity contribution in [3.8, 4) is 11.8 Å². The summed E-state index contributed by atoms with van der Waals surface area (Å²) < 4.78 is 0. The molecule has 0 nitrogen and oxygen atoms in total. The fraction of sp³-hybridized carbons (Fsp3) is 0.111. The van der Waals surface area contributed by atoms with Crippen LogP contribution in [0.15, 0.2) is 54.6 Å². The lowest BCUT2D eigenvalue weighted by Gasteiger charge is -1.92. The molecule has 2 aromatic rings. The molecular weight excluding hydrogens is 216 g/mol. The van der Waals surface area contributed by atoms with Crippen molar-refractivity contribution < 1.29 is 0 Å². The van der Waals surface area contributed by atoms with Gasteiger partial charge in [0.05, 0.1) is 0 Å². The van der Waals surface area contributed by atoms with Gasteiger partial charge >= 0.3 is 0 Å². The molecule has 0 fully saturated rings. The van der Waals surface area contributed by atoms with Gasteiger partial charge in [-0.25, -0.2) is 0 Å². The second kappa shape index (κ2) is 5.89. The molecule has 0 unspecified atom stereocenters. The predicted molar refractivity (Wildman–Crippen MR) is 78.3 cm³/mol. The minimum absolute atomic E-state index is 1.05. The Balaban J connectivity index is 2.03. The molecule has 0 N–H and O–H groups in total. The standard InChI is InChI=1S/C18H16/c1-15-7-11-17(12-8-15)5-3-4-6-18-13-9-16(2)10-14-18/h3,5,7-14H,1-2H3/b5-3+. The van der Waals surface area contributed by atoms with E-state index in [0.29, 0.717) is 0 Å². The van der Waals surface area contributed by atoms with Crippen molar-refractivity contribution in [2.75, 3.05) is 0 Å². The van der Waals surface area contributed by atoms with Crippen molar-refractivity contribution in [2.45, 2.75) is 13.8 Å². The molecule has 0 saturated carbocycles. The van der Waals surface area contributed by atoms with Gasteiger partial charge in [-0.1, -0.05) is 59.4 Å². The number of benzene rings is 2. The number of hydrogen-bond donors (Lipinski definition) is 0. The summed E-state index contributed by atoms with van der Waals surface area (Å²) in [5, 5.41) is 0. The first kappa shape index (κ1) is 12.2. The molecule has 0 saturated heterocycles. The third kappa shape index (κ3) is 3.64. The zero-order valence-electron chi connectivity index (χ0n) is 10.8. The van der Waals surface area contributed by atoms with E-state index in [1.165, 1.54) is 16.7 Å². The zero-order chi connectivity index (χ0) is 12.8. The van der Waals surface area contributed by atoms with Gasteiger partial charge in [-0.05, 0) is 43.7 Å². The average Bonchev–Trinajstić information content (AvgIpc) is 2.39. The Morgan fingerprint density at radius 2 is 1.33 bits per heavy atom. The predicted octanol–water partition coefficient (Wildman–Crippen LogP) is 4.37. The minimum atomic E-state index is 1.05. The molecule has 18 heavy (non-hydrogen) atoms. The fourth-order valence-corrected chi connectivity index (χ4v) is 1.58. The summed E-state index contributed by atoms with van der Waals surface area (Å²) >= 11 is 0. The van der Waals surface area contributed by atoms with Crippen LogP contribution in [-0.4, -0.2) is 0 Å². The van der Waals surface area contributed by atoms with Crippen LogP contribution in [0.1, 0.15) is 22.3 Å². The first-order valence-electron chi connectivity index (χ1n) is 6.05. The van der Waals surface area contributed by atoms with Gasteiger partial charge in [0, 0.05) is 5.56 Å². The molecule has 0 amide bonds. The van der Waals surface area contributed by atoms with E-state index in [-0.39, 0.29) is 0 Å². The maximum absolute atomic E-state index is 3.12. The van der Waals surface area contributed by atoms with Gasteiger partial charge in [-0.2, -0.15) is 0 Å². The lowest BCUT2D eigenvalue weighted by Crippen LogP contribution is -1.74. The van der Waals surface area contributed by atoms with Crippen LogP contribution < -0.4 is 0 Å². The Bertz CT molecular complexity index is 587. The molecule has 2 rings (SSSR count). The molecule has 2 aromatic carbocycles. The van der Waals surface area contributed by atoms with Gasteiger partial charge in [0.1, 0.15) is 0 Å².